The molecule has 0 radical (unpaired) electrons. The molecule has 4 rings (SSSR count). The third-order valence-electron chi connectivity index (χ3n) is 7.47. The number of ether oxygens (including phenoxy) is 1. The first kappa shape index (κ1) is 28.1. The molecule has 1 aliphatic rings. The number of benzene rings is 3. The zero-order valence-corrected chi connectivity index (χ0v) is 23.2. The zero-order valence-electron chi connectivity index (χ0n) is 23.2. The Morgan fingerprint density at radius 3 is 2.31 bits per heavy atom. The molecule has 6 nitrogen and oxygen atoms in total. The Labute approximate surface area is 231 Å². The Morgan fingerprint density at radius 2 is 1.64 bits per heavy atom. The lowest BCUT2D eigenvalue weighted by Gasteiger charge is -2.20. The Balaban J connectivity index is 1.37. The Bertz CT molecular complexity index is 1300. The first-order valence-electron chi connectivity index (χ1n) is 13.9. The molecule has 0 unspecified atom stereocenters. The lowest BCUT2D eigenvalue weighted by atomic mass is 10.00. The molecule has 0 fully saturated rings. The molecule has 0 spiro atoms. The lowest BCUT2D eigenvalue weighted by molar-refractivity contribution is -0.146. The average Bonchev–Trinajstić information content (AvgIpc) is 3.28. The predicted molar refractivity (Wildman–Crippen MR) is 155 cm³/mol. The molecular weight excluding hydrogens is 488 g/mol. The van der Waals surface area contributed by atoms with Gasteiger partial charge in [0.05, 0.1) is 13.0 Å². The van der Waals surface area contributed by atoms with Crippen LogP contribution in [0.2, 0.25) is 0 Å². The van der Waals surface area contributed by atoms with Crippen molar-refractivity contribution in [1.29, 1.82) is 0 Å². The summed E-state index contributed by atoms with van der Waals surface area (Å²) in [6.07, 6.45) is 6.57. The van der Waals surface area contributed by atoms with Crippen molar-refractivity contribution in [3.8, 4) is 11.1 Å². The number of nitrogens with zero attached hydrogens (tertiary/aromatic N) is 1. The molecule has 39 heavy (non-hydrogen) atoms. The van der Waals surface area contributed by atoms with E-state index in [0.717, 1.165) is 23.1 Å². The first-order chi connectivity index (χ1) is 18.9. The number of fused-ring (bicyclic) bond motifs is 1. The maximum absolute atomic E-state index is 13.1. The smallest absolute Gasteiger partial charge is 0.310 e. The van der Waals surface area contributed by atoms with E-state index in [9.17, 15) is 14.4 Å². The number of hydrogen-bond acceptors (Lipinski definition) is 4. The quantitative estimate of drug-likeness (QED) is 0.206. The highest BCUT2D eigenvalue weighted by Crippen LogP contribution is 2.30. The molecule has 0 aliphatic carbocycles. The van der Waals surface area contributed by atoms with E-state index < -0.39 is 0 Å². The van der Waals surface area contributed by atoms with E-state index in [1.807, 2.05) is 73.7 Å². The summed E-state index contributed by atoms with van der Waals surface area (Å²) < 4.78 is 4.88. The van der Waals surface area contributed by atoms with E-state index in [1.165, 1.54) is 38.4 Å². The van der Waals surface area contributed by atoms with Gasteiger partial charge in [-0.05, 0) is 71.8 Å². The van der Waals surface area contributed by atoms with Crippen LogP contribution in [-0.2, 0) is 22.5 Å². The molecule has 0 bridgehead atoms. The summed E-state index contributed by atoms with van der Waals surface area (Å²) in [6.45, 7) is 4.97. The van der Waals surface area contributed by atoms with Crippen molar-refractivity contribution in [2.24, 2.45) is 5.92 Å². The Hall–Kier alpha value is -3.93. The van der Waals surface area contributed by atoms with Crippen LogP contribution >= 0.6 is 0 Å². The van der Waals surface area contributed by atoms with Gasteiger partial charge in [-0.15, -0.1) is 0 Å². The van der Waals surface area contributed by atoms with Crippen molar-refractivity contribution in [1.82, 2.24) is 4.90 Å². The largest absolute Gasteiger partial charge is 0.469 e. The van der Waals surface area contributed by atoms with Crippen LogP contribution < -0.4 is 5.32 Å². The van der Waals surface area contributed by atoms with Gasteiger partial charge in [-0.2, -0.15) is 0 Å². The summed E-state index contributed by atoms with van der Waals surface area (Å²) in [5.74, 6) is -0.821. The number of carbonyl (C=O) groups is 3. The second-order valence-electron chi connectivity index (χ2n) is 10.2. The van der Waals surface area contributed by atoms with E-state index in [1.54, 1.807) is 4.90 Å². The maximum Gasteiger partial charge on any atom is 0.310 e. The van der Waals surface area contributed by atoms with Gasteiger partial charge in [-0.3, -0.25) is 14.4 Å². The van der Waals surface area contributed by atoms with Crippen molar-refractivity contribution in [2.75, 3.05) is 19.0 Å². The molecule has 1 atom stereocenters. The van der Waals surface area contributed by atoms with Gasteiger partial charge < -0.3 is 15.0 Å². The summed E-state index contributed by atoms with van der Waals surface area (Å²) >= 11 is 0. The van der Waals surface area contributed by atoms with Crippen molar-refractivity contribution < 1.29 is 19.1 Å². The third kappa shape index (κ3) is 6.94. The number of anilines is 1. The Morgan fingerprint density at radius 1 is 0.923 bits per heavy atom. The van der Waals surface area contributed by atoms with Gasteiger partial charge in [0.2, 0.25) is 0 Å². The summed E-state index contributed by atoms with van der Waals surface area (Å²) in [5, 5.41) is 2.97. The van der Waals surface area contributed by atoms with Crippen LogP contribution in [-0.4, -0.2) is 36.3 Å². The molecule has 3 aromatic rings. The monoisotopic (exact) mass is 526 g/mol. The van der Waals surface area contributed by atoms with Crippen molar-refractivity contribution in [2.45, 2.75) is 58.9 Å². The summed E-state index contributed by atoms with van der Waals surface area (Å²) in [7, 11) is 1.38. The van der Waals surface area contributed by atoms with Crippen LogP contribution in [0.15, 0.2) is 66.7 Å². The Kier molecular flexibility index (Phi) is 9.53. The standard InChI is InChI=1S/C33H38N2O4/c1-4-6-7-8-9-23-10-12-26(13-11-23)31(36)34-29-18-16-25(17-19-29)27-14-15-28-22-35(32(37)30(28)20-27)21-24(5-2)33(38)39-3/h10-20,24H,4-9,21-22H2,1-3H3,(H,34,36)/t24-/m0/s1. The van der Waals surface area contributed by atoms with Crippen molar-refractivity contribution >= 4 is 23.5 Å². The highest BCUT2D eigenvalue weighted by molar-refractivity contribution is 6.04. The third-order valence-corrected chi connectivity index (χ3v) is 7.47. The van der Waals surface area contributed by atoms with E-state index >= 15 is 0 Å². The summed E-state index contributed by atoms with van der Waals surface area (Å²) in [5.41, 5.74) is 6.11. The van der Waals surface area contributed by atoms with Gasteiger partial charge in [0, 0.05) is 29.9 Å². The molecule has 1 N–H and O–H groups in total. The summed E-state index contributed by atoms with van der Waals surface area (Å²) in [6, 6.07) is 21.4. The van der Waals surface area contributed by atoms with Crippen LogP contribution in [0, 0.1) is 5.92 Å². The number of carbonyl (C=O) groups excluding carboxylic acids is 3. The fourth-order valence-electron chi connectivity index (χ4n) is 5.02. The summed E-state index contributed by atoms with van der Waals surface area (Å²) in [4.78, 5) is 39.6. The number of unbranched alkanes of at least 4 members (excludes halogenated alkanes) is 3. The molecule has 3 aromatic carbocycles. The molecule has 1 heterocycles. The number of rotatable bonds is 12. The highest BCUT2D eigenvalue weighted by atomic mass is 16.5. The average molecular weight is 527 g/mol. The number of esters is 1. The second kappa shape index (κ2) is 13.2. The van der Waals surface area contributed by atoms with Crippen LogP contribution in [0.25, 0.3) is 11.1 Å². The molecule has 1 aliphatic heterocycles. The molecule has 0 saturated heterocycles. The number of methoxy groups -OCH3 is 1. The van der Waals surface area contributed by atoms with Crippen LogP contribution in [0.3, 0.4) is 0 Å². The fraction of sp³-hybridized carbons (Fsp3) is 0.364. The van der Waals surface area contributed by atoms with Gasteiger partial charge >= 0.3 is 5.97 Å². The SMILES string of the molecule is CCCCCCc1ccc(C(=O)Nc2ccc(-c3ccc4c(c3)C(=O)N(C[C@H](CC)C(=O)OC)C4)cc2)cc1. The molecule has 0 saturated carbocycles. The van der Waals surface area contributed by atoms with E-state index in [2.05, 4.69) is 12.2 Å². The van der Waals surface area contributed by atoms with Crippen LogP contribution in [0.5, 0.6) is 0 Å². The van der Waals surface area contributed by atoms with E-state index in [0.29, 0.717) is 36.3 Å². The van der Waals surface area contributed by atoms with Gasteiger partial charge in [0.15, 0.2) is 0 Å². The number of aryl methyl sites for hydroxylation is 1. The minimum atomic E-state index is -0.330. The van der Waals surface area contributed by atoms with Gasteiger partial charge in [0.25, 0.3) is 11.8 Å². The van der Waals surface area contributed by atoms with Gasteiger partial charge in [-0.25, -0.2) is 0 Å². The number of hydrogen-bond donors (Lipinski definition) is 1. The van der Waals surface area contributed by atoms with Crippen LogP contribution in [0.1, 0.15) is 77.8 Å². The molecular formula is C33H38N2O4. The molecule has 204 valence electrons. The number of amides is 2. The minimum absolute atomic E-state index is 0.0648. The predicted octanol–water partition coefficient (Wildman–Crippen LogP) is 6.88. The topological polar surface area (TPSA) is 75.7 Å². The molecule has 6 heteroatoms. The van der Waals surface area contributed by atoms with Gasteiger partial charge in [-0.1, -0.05) is 69.5 Å². The first-order valence-corrected chi connectivity index (χ1v) is 13.9. The van der Waals surface area contributed by atoms with E-state index in [-0.39, 0.29) is 23.7 Å². The molecule has 0 aromatic heterocycles. The normalized spacial score (nSPS) is 13.2. The van der Waals surface area contributed by atoms with E-state index in [4.69, 9.17) is 4.74 Å². The van der Waals surface area contributed by atoms with Crippen molar-refractivity contribution in [3.05, 3.63) is 89.0 Å². The lowest BCUT2D eigenvalue weighted by Crippen LogP contribution is -2.33. The molecule has 2 amide bonds. The maximum atomic E-state index is 13.1. The second-order valence-corrected chi connectivity index (χ2v) is 10.2. The van der Waals surface area contributed by atoms with Crippen molar-refractivity contribution in [3.63, 3.8) is 0 Å². The van der Waals surface area contributed by atoms with Crippen LogP contribution in [0.4, 0.5) is 5.69 Å². The van der Waals surface area contributed by atoms with Gasteiger partial charge in [0.1, 0.15) is 0 Å². The zero-order chi connectivity index (χ0) is 27.8. The highest BCUT2D eigenvalue weighted by Gasteiger charge is 2.31. The minimum Gasteiger partial charge on any atom is -0.469 e. The number of nitrogens with one attached hydrogen (secondary N) is 1. The fourth-order valence-corrected chi connectivity index (χ4v) is 5.02.